The Morgan fingerprint density at radius 2 is 1.68 bits per heavy atom. The van der Waals surface area contributed by atoms with Gasteiger partial charge in [-0.3, -0.25) is 0 Å². The zero-order chi connectivity index (χ0) is 18.2. The molecule has 0 bridgehead atoms. The summed E-state index contributed by atoms with van der Waals surface area (Å²) in [6.07, 6.45) is 5.92. The molecule has 0 amide bonds. The molecule has 0 aliphatic heterocycles. The zero-order valence-corrected chi connectivity index (χ0v) is 16.4. The van der Waals surface area contributed by atoms with Crippen molar-refractivity contribution in [1.82, 2.24) is 0 Å². The summed E-state index contributed by atoms with van der Waals surface area (Å²) in [5.74, 6) is 1.47. The van der Waals surface area contributed by atoms with Crippen LogP contribution < -0.4 is 0 Å². The number of aliphatic hydroxyl groups is 1. The fourth-order valence-electron chi connectivity index (χ4n) is 3.51. The van der Waals surface area contributed by atoms with E-state index in [0.717, 1.165) is 18.8 Å². The standard InChI is InChI=1S/C12H18O.C12H16/c1-10-3-5-12(6-4-10)9-11(2)7-8-13;1-9-3-5-12-8-10(2)4-6-11(12)7-9/h3-6,11,13H,7-9H2,1-2H3;3,5,7,10H,4,6,8H2,1-2H3. The maximum absolute atomic E-state index is 8.76. The second kappa shape index (κ2) is 9.77. The lowest BCUT2D eigenvalue weighted by molar-refractivity contribution is 0.262. The summed E-state index contributed by atoms with van der Waals surface area (Å²) in [6, 6.07) is 15.5. The van der Waals surface area contributed by atoms with Gasteiger partial charge in [0, 0.05) is 6.61 Å². The van der Waals surface area contributed by atoms with Gasteiger partial charge in [-0.05, 0) is 74.5 Å². The molecule has 0 heterocycles. The van der Waals surface area contributed by atoms with E-state index in [-0.39, 0.29) is 0 Å². The Morgan fingerprint density at radius 3 is 2.36 bits per heavy atom. The summed E-state index contributed by atoms with van der Waals surface area (Å²) in [5.41, 5.74) is 7.25. The van der Waals surface area contributed by atoms with Gasteiger partial charge in [-0.15, -0.1) is 0 Å². The zero-order valence-electron chi connectivity index (χ0n) is 16.4. The fourth-order valence-corrected chi connectivity index (χ4v) is 3.51. The molecule has 1 heteroatoms. The van der Waals surface area contributed by atoms with E-state index in [1.807, 2.05) is 0 Å². The molecule has 0 spiro atoms. The van der Waals surface area contributed by atoms with Crippen LogP contribution in [0.5, 0.6) is 0 Å². The predicted octanol–water partition coefficient (Wildman–Crippen LogP) is 5.68. The van der Waals surface area contributed by atoms with Crippen LogP contribution in [0.15, 0.2) is 42.5 Å². The van der Waals surface area contributed by atoms with Gasteiger partial charge in [0.2, 0.25) is 0 Å². The van der Waals surface area contributed by atoms with E-state index < -0.39 is 0 Å². The number of fused-ring (bicyclic) bond motifs is 1. The number of hydrogen-bond donors (Lipinski definition) is 1. The molecule has 1 aliphatic carbocycles. The number of aryl methyl sites for hydroxylation is 3. The van der Waals surface area contributed by atoms with Crippen molar-refractivity contribution in [2.75, 3.05) is 6.61 Å². The quantitative estimate of drug-likeness (QED) is 0.761. The third kappa shape index (κ3) is 6.66. The Kier molecular flexibility index (Phi) is 7.71. The van der Waals surface area contributed by atoms with Crippen LogP contribution in [0.25, 0.3) is 0 Å². The molecule has 0 saturated carbocycles. The van der Waals surface area contributed by atoms with E-state index in [9.17, 15) is 0 Å². The molecule has 136 valence electrons. The maximum atomic E-state index is 8.76. The summed E-state index contributed by atoms with van der Waals surface area (Å²) in [5, 5.41) is 8.76. The summed E-state index contributed by atoms with van der Waals surface area (Å²) >= 11 is 0. The average Bonchev–Trinajstić information content (AvgIpc) is 2.58. The van der Waals surface area contributed by atoms with Gasteiger partial charge in [-0.2, -0.15) is 0 Å². The van der Waals surface area contributed by atoms with Crippen LogP contribution in [-0.2, 0) is 19.3 Å². The van der Waals surface area contributed by atoms with Crippen molar-refractivity contribution < 1.29 is 5.11 Å². The topological polar surface area (TPSA) is 20.2 Å². The van der Waals surface area contributed by atoms with Gasteiger partial charge in [-0.1, -0.05) is 67.4 Å². The molecule has 2 atom stereocenters. The molecule has 1 N–H and O–H groups in total. The van der Waals surface area contributed by atoms with Crippen LogP contribution in [0.4, 0.5) is 0 Å². The highest BCUT2D eigenvalue weighted by Crippen LogP contribution is 2.25. The molecule has 0 fully saturated rings. The molecule has 1 nitrogen and oxygen atoms in total. The third-order valence-electron chi connectivity index (χ3n) is 5.16. The van der Waals surface area contributed by atoms with Crippen molar-refractivity contribution in [3.8, 4) is 0 Å². The first-order chi connectivity index (χ1) is 12.0. The number of benzene rings is 2. The van der Waals surface area contributed by atoms with E-state index in [4.69, 9.17) is 5.11 Å². The van der Waals surface area contributed by atoms with Gasteiger partial charge in [-0.25, -0.2) is 0 Å². The number of rotatable bonds is 4. The molecular formula is C24H34O. The van der Waals surface area contributed by atoms with E-state index >= 15 is 0 Å². The van der Waals surface area contributed by atoms with Crippen molar-refractivity contribution in [2.24, 2.45) is 11.8 Å². The Labute approximate surface area is 154 Å². The highest BCUT2D eigenvalue weighted by Gasteiger charge is 2.14. The lowest BCUT2D eigenvalue weighted by atomic mass is 9.84. The average molecular weight is 339 g/mol. The molecule has 2 aromatic carbocycles. The SMILES string of the molecule is Cc1ccc(CC(C)CCO)cc1.Cc1ccc2c(c1)CCC(C)C2. The lowest BCUT2D eigenvalue weighted by Gasteiger charge is -2.21. The van der Waals surface area contributed by atoms with E-state index in [1.165, 1.54) is 36.0 Å². The van der Waals surface area contributed by atoms with Gasteiger partial charge in [0.1, 0.15) is 0 Å². The molecule has 2 unspecified atom stereocenters. The van der Waals surface area contributed by atoms with Gasteiger partial charge < -0.3 is 5.11 Å². The van der Waals surface area contributed by atoms with Crippen LogP contribution in [0.3, 0.4) is 0 Å². The largest absolute Gasteiger partial charge is 0.396 e. The van der Waals surface area contributed by atoms with Crippen LogP contribution in [0.2, 0.25) is 0 Å². The van der Waals surface area contributed by atoms with E-state index in [1.54, 1.807) is 11.1 Å². The number of hydrogen-bond acceptors (Lipinski definition) is 1. The first-order valence-corrected chi connectivity index (χ1v) is 9.72. The minimum absolute atomic E-state index is 0.299. The van der Waals surface area contributed by atoms with Gasteiger partial charge in [0.25, 0.3) is 0 Å². The first kappa shape index (κ1) is 19.7. The van der Waals surface area contributed by atoms with Crippen molar-refractivity contribution in [2.45, 2.75) is 59.8 Å². The van der Waals surface area contributed by atoms with Crippen molar-refractivity contribution in [3.05, 3.63) is 70.3 Å². The summed E-state index contributed by atoms with van der Waals surface area (Å²) in [6.45, 7) is 9.10. The predicted molar refractivity (Wildman–Crippen MR) is 108 cm³/mol. The highest BCUT2D eigenvalue weighted by molar-refractivity contribution is 5.33. The van der Waals surface area contributed by atoms with Gasteiger partial charge in [0.15, 0.2) is 0 Å². The molecule has 0 radical (unpaired) electrons. The smallest absolute Gasteiger partial charge is 0.0433 e. The molecular weight excluding hydrogens is 304 g/mol. The normalized spacial score (nSPS) is 17.2. The van der Waals surface area contributed by atoms with E-state index in [2.05, 4.69) is 70.2 Å². The van der Waals surface area contributed by atoms with Crippen molar-refractivity contribution in [1.29, 1.82) is 0 Å². The Hall–Kier alpha value is -1.60. The highest BCUT2D eigenvalue weighted by atomic mass is 16.3. The molecule has 1 aliphatic rings. The van der Waals surface area contributed by atoms with Crippen molar-refractivity contribution >= 4 is 0 Å². The molecule has 2 aromatic rings. The molecule has 25 heavy (non-hydrogen) atoms. The minimum atomic E-state index is 0.299. The van der Waals surface area contributed by atoms with Crippen molar-refractivity contribution in [3.63, 3.8) is 0 Å². The van der Waals surface area contributed by atoms with Crippen LogP contribution in [-0.4, -0.2) is 11.7 Å². The Balaban J connectivity index is 0.000000181. The van der Waals surface area contributed by atoms with Gasteiger partial charge in [0.05, 0.1) is 0 Å². The second-order valence-corrected chi connectivity index (χ2v) is 7.93. The van der Waals surface area contributed by atoms with E-state index in [0.29, 0.717) is 12.5 Å². The summed E-state index contributed by atoms with van der Waals surface area (Å²) in [7, 11) is 0. The Bertz CT molecular complexity index is 642. The fraction of sp³-hybridized carbons (Fsp3) is 0.500. The molecule has 0 aromatic heterocycles. The Morgan fingerprint density at radius 1 is 1.00 bits per heavy atom. The molecule has 3 rings (SSSR count). The van der Waals surface area contributed by atoms with Gasteiger partial charge >= 0.3 is 0 Å². The second-order valence-electron chi connectivity index (χ2n) is 7.93. The summed E-state index contributed by atoms with van der Waals surface area (Å²) < 4.78 is 0. The monoisotopic (exact) mass is 338 g/mol. The first-order valence-electron chi connectivity index (χ1n) is 9.72. The van der Waals surface area contributed by atoms with Crippen LogP contribution in [0.1, 0.15) is 54.5 Å². The summed E-state index contributed by atoms with van der Waals surface area (Å²) in [4.78, 5) is 0. The maximum Gasteiger partial charge on any atom is 0.0433 e. The van der Waals surface area contributed by atoms with Crippen LogP contribution >= 0.6 is 0 Å². The molecule has 0 saturated heterocycles. The minimum Gasteiger partial charge on any atom is -0.396 e. The third-order valence-corrected chi connectivity index (χ3v) is 5.16. The van der Waals surface area contributed by atoms with Crippen LogP contribution in [0, 0.1) is 25.7 Å². The lowest BCUT2D eigenvalue weighted by Crippen LogP contribution is -2.10. The number of aliphatic hydroxyl groups excluding tert-OH is 1.